The van der Waals surface area contributed by atoms with Crippen LogP contribution in [-0.2, 0) is 0 Å². The van der Waals surface area contributed by atoms with Gasteiger partial charge < -0.3 is 9.80 Å². The minimum Gasteiger partial charge on any atom is -0.332 e. The van der Waals surface area contributed by atoms with Crippen molar-refractivity contribution in [1.82, 2.24) is 14.7 Å². The molecular formula is C14H32N5+. The summed E-state index contributed by atoms with van der Waals surface area (Å²) in [4.78, 5) is 11.3. The van der Waals surface area contributed by atoms with Crippen LogP contribution in [0.5, 0.6) is 0 Å². The van der Waals surface area contributed by atoms with Crippen molar-refractivity contribution in [3.8, 4) is 0 Å². The summed E-state index contributed by atoms with van der Waals surface area (Å²) in [6.07, 6.45) is 2.39. The van der Waals surface area contributed by atoms with Gasteiger partial charge in [0.2, 0.25) is 0 Å². The van der Waals surface area contributed by atoms with E-state index < -0.39 is 0 Å². The Morgan fingerprint density at radius 1 is 1.00 bits per heavy atom. The lowest BCUT2D eigenvalue weighted by atomic mass is 10.3. The second-order valence-electron chi connectivity index (χ2n) is 5.29. The SMILES string of the molecule is CCCCN(C)C(=NC(N(C)C)=[N+](C)C)N(C)CC. The minimum absolute atomic E-state index is 0.948. The van der Waals surface area contributed by atoms with E-state index in [-0.39, 0.29) is 0 Å². The van der Waals surface area contributed by atoms with Gasteiger partial charge in [0, 0.05) is 27.2 Å². The van der Waals surface area contributed by atoms with Crippen molar-refractivity contribution in [3.05, 3.63) is 0 Å². The lowest BCUT2D eigenvalue weighted by molar-refractivity contribution is -0.470. The van der Waals surface area contributed by atoms with E-state index in [1.54, 1.807) is 0 Å². The third-order valence-corrected chi connectivity index (χ3v) is 3.00. The smallest absolute Gasteiger partial charge is 0.332 e. The number of unbranched alkanes of at least 4 members (excludes halogenated alkanes) is 1. The molecule has 0 N–H and O–H groups in total. The molecule has 0 unspecified atom stereocenters. The molecule has 0 aliphatic heterocycles. The highest BCUT2D eigenvalue weighted by atomic mass is 15.4. The Bertz CT molecular complexity index is 316. The topological polar surface area (TPSA) is 25.1 Å². The van der Waals surface area contributed by atoms with Crippen molar-refractivity contribution in [1.29, 1.82) is 0 Å². The van der Waals surface area contributed by atoms with Crippen LogP contribution in [0, 0.1) is 0 Å². The maximum atomic E-state index is 4.84. The molecular weight excluding hydrogens is 238 g/mol. The van der Waals surface area contributed by atoms with Gasteiger partial charge in [0.25, 0.3) is 5.96 Å². The molecule has 5 heteroatoms. The maximum Gasteiger partial charge on any atom is 0.392 e. The Labute approximate surface area is 119 Å². The fraction of sp³-hybridized carbons (Fsp3) is 0.857. The van der Waals surface area contributed by atoms with Crippen LogP contribution in [0.3, 0.4) is 0 Å². The molecule has 0 rings (SSSR count). The summed E-state index contributed by atoms with van der Waals surface area (Å²) in [7, 11) is 12.3. The summed E-state index contributed by atoms with van der Waals surface area (Å²) in [5.74, 6) is 1.98. The first-order valence-corrected chi connectivity index (χ1v) is 7.07. The minimum atomic E-state index is 0.948. The highest BCUT2D eigenvalue weighted by molar-refractivity contribution is 5.92. The first-order chi connectivity index (χ1) is 8.84. The third kappa shape index (κ3) is 5.94. The van der Waals surface area contributed by atoms with E-state index in [1.807, 2.05) is 37.7 Å². The molecule has 0 aliphatic carbocycles. The van der Waals surface area contributed by atoms with Gasteiger partial charge in [-0.25, -0.2) is 0 Å². The Morgan fingerprint density at radius 3 is 1.95 bits per heavy atom. The summed E-state index contributed by atoms with van der Waals surface area (Å²) >= 11 is 0. The molecule has 0 heterocycles. The van der Waals surface area contributed by atoms with Crippen molar-refractivity contribution in [2.75, 3.05) is 55.4 Å². The number of hydrogen-bond donors (Lipinski definition) is 0. The Morgan fingerprint density at radius 2 is 1.58 bits per heavy atom. The molecule has 0 aromatic rings. The predicted molar refractivity (Wildman–Crippen MR) is 84.1 cm³/mol. The van der Waals surface area contributed by atoms with Gasteiger partial charge in [0.15, 0.2) is 0 Å². The first-order valence-electron chi connectivity index (χ1n) is 7.07. The summed E-state index contributed by atoms with van der Waals surface area (Å²) in [5, 5.41) is 0. The lowest BCUT2D eigenvalue weighted by Gasteiger charge is -2.26. The van der Waals surface area contributed by atoms with Gasteiger partial charge in [0.1, 0.15) is 0 Å². The largest absolute Gasteiger partial charge is 0.392 e. The molecule has 0 spiro atoms. The van der Waals surface area contributed by atoms with Gasteiger partial charge in [-0.1, -0.05) is 13.3 Å². The average Bonchev–Trinajstić information content (AvgIpc) is 2.35. The number of hydrogen-bond acceptors (Lipinski definition) is 0. The monoisotopic (exact) mass is 270 g/mol. The van der Waals surface area contributed by atoms with E-state index >= 15 is 0 Å². The molecule has 0 aromatic heterocycles. The van der Waals surface area contributed by atoms with Gasteiger partial charge in [-0.15, -0.1) is 0 Å². The fourth-order valence-corrected chi connectivity index (χ4v) is 1.79. The summed E-state index contributed by atoms with van der Waals surface area (Å²) in [6, 6.07) is 0. The van der Waals surface area contributed by atoms with Crippen LogP contribution in [0.1, 0.15) is 26.7 Å². The van der Waals surface area contributed by atoms with Crippen molar-refractivity contribution in [3.63, 3.8) is 0 Å². The molecule has 112 valence electrons. The normalized spacial score (nSPS) is 11.3. The molecule has 19 heavy (non-hydrogen) atoms. The second-order valence-corrected chi connectivity index (χ2v) is 5.29. The zero-order valence-electron chi connectivity index (χ0n) is 14.1. The zero-order chi connectivity index (χ0) is 15.0. The van der Waals surface area contributed by atoms with E-state index in [2.05, 4.69) is 37.7 Å². The highest BCUT2D eigenvalue weighted by Crippen LogP contribution is 2.00. The van der Waals surface area contributed by atoms with Crippen molar-refractivity contribution in [2.24, 2.45) is 4.99 Å². The van der Waals surface area contributed by atoms with Gasteiger partial charge >= 0.3 is 5.96 Å². The summed E-state index contributed by atoms with van der Waals surface area (Å²) in [5.41, 5.74) is 0. The number of guanidine groups is 2. The molecule has 0 saturated heterocycles. The quantitative estimate of drug-likeness (QED) is 0.436. The molecule has 0 radical (unpaired) electrons. The first kappa shape index (κ1) is 17.7. The van der Waals surface area contributed by atoms with Crippen LogP contribution in [0.2, 0.25) is 0 Å². The molecule has 5 nitrogen and oxygen atoms in total. The van der Waals surface area contributed by atoms with Crippen LogP contribution >= 0.6 is 0 Å². The maximum absolute atomic E-state index is 4.84. The van der Waals surface area contributed by atoms with E-state index in [0.29, 0.717) is 0 Å². The lowest BCUT2D eigenvalue weighted by Crippen LogP contribution is -2.43. The van der Waals surface area contributed by atoms with E-state index in [4.69, 9.17) is 4.99 Å². The molecule has 0 aliphatic rings. The van der Waals surface area contributed by atoms with Crippen LogP contribution in [-0.4, -0.2) is 86.6 Å². The molecule has 0 amide bonds. The van der Waals surface area contributed by atoms with Crippen molar-refractivity contribution >= 4 is 11.9 Å². The Balaban J connectivity index is 5.29. The molecule has 0 fully saturated rings. The van der Waals surface area contributed by atoms with E-state index in [1.165, 1.54) is 12.8 Å². The van der Waals surface area contributed by atoms with Gasteiger partial charge in [-0.3, -0.25) is 9.48 Å². The predicted octanol–water partition coefficient (Wildman–Crippen LogP) is 1.22. The van der Waals surface area contributed by atoms with Crippen molar-refractivity contribution in [2.45, 2.75) is 26.7 Å². The Kier molecular flexibility index (Phi) is 8.19. The Hall–Kier alpha value is -1.26. The van der Waals surface area contributed by atoms with Gasteiger partial charge in [-0.2, -0.15) is 0 Å². The van der Waals surface area contributed by atoms with Crippen LogP contribution < -0.4 is 0 Å². The molecule has 0 saturated carbocycles. The molecule has 0 atom stereocenters. The van der Waals surface area contributed by atoms with E-state index in [0.717, 1.165) is 25.0 Å². The third-order valence-electron chi connectivity index (χ3n) is 3.00. The van der Waals surface area contributed by atoms with Crippen molar-refractivity contribution < 1.29 is 4.58 Å². The number of rotatable bonds is 4. The standard InChI is InChI=1S/C14H32N5/c1-9-11-12-19(8)14(18(7)10-2)15-13(16(3)4)17(5)6/h9-12H2,1-8H3/q+1. The fourth-order valence-electron chi connectivity index (χ4n) is 1.79. The number of nitrogens with zero attached hydrogens (tertiary/aromatic N) is 5. The van der Waals surface area contributed by atoms with E-state index in [9.17, 15) is 0 Å². The van der Waals surface area contributed by atoms with Crippen LogP contribution in [0.25, 0.3) is 0 Å². The summed E-state index contributed by atoms with van der Waals surface area (Å²) in [6.45, 7) is 6.34. The highest BCUT2D eigenvalue weighted by Gasteiger charge is 2.19. The molecule has 0 bridgehead atoms. The number of aliphatic imine (C=N–C) groups is 1. The second kappa shape index (κ2) is 8.77. The average molecular weight is 270 g/mol. The van der Waals surface area contributed by atoms with Crippen LogP contribution in [0.15, 0.2) is 4.99 Å². The summed E-state index contributed by atoms with van der Waals surface area (Å²) < 4.78 is 2.04. The van der Waals surface area contributed by atoms with Gasteiger partial charge in [-0.05, 0) is 18.3 Å². The van der Waals surface area contributed by atoms with Gasteiger partial charge in [0.05, 0.1) is 28.2 Å². The zero-order valence-corrected chi connectivity index (χ0v) is 14.1. The molecule has 0 aromatic carbocycles. The van der Waals surface area contributed by atoms with Crippen LogP contribution in [0.4, 0.5) is 0 Å².